The minimum Gasteiger partial charge on any atom is -0.481 e. The van der Waals surface area contributed by atoms with Gasteiger partial charge in [0.05, 0.1) is 11.8 Å². The predicted molar refractivity (Wildman–Crippen MR) is 62.7 cm³/mol. The molecular weight excluding hydrogens is 252 g/mol. The topological polar surface area (TPSA) is 104 Å². The van der Waals surface area contributed by atoms with Crippen LogP contribution < -0.4 is 5.32 Å². The average Bonchev–Trinajstić information content (AvgIpc) is 2.36. The van der Waals surface area contributed by atoms with Gasteiger partial charge in [-0.25, -0.2) is 0 Å². The van der Waals surface area contributed by atoms with Crippen LogP contribution in [0.15, 0.2) is 12.2 Å². The van der Waals surface area contributed by atoms with Crippen molar-refractivity contribution in [3.05, 3.63) is 12.2 Å². The zero-order chi connectivity index (χ0) is 14.0. The molecule has 2 N–H and O–H groups in total. The third kappa shape index (κ3) is 2.81. The first-order valence-electron chi connectivity index (χ1n) is 5.98. The summed E-state index contributed by atoms with van der Waals surface area (Å²) in [7, 11) is 0. The molecule has 2 rings (SSSR count). The number of allylic oxidation sites excluding steroid dienone is 2. The lowest BCUT2D eigenvalue weighted by atomic mass is 9.82. The molecule has 0 aromatic carbocycles. The fraction of sp³-hybridized carbons (Fsp3) is 0.500. The van der Waals surface area contributed by atoms with E-state index in [1.165, 1.54) is 0 Å². The van der Waals surface area contributed by atoms with Gasteiger partial charge in [0.15, 0.2) is 0 Å². The molecule has 1 aliphatic carbocycles. The first-order valence-corrected chi connectivity index (χ1v) is 5.98. The van der Waals surface area contributed by atoms with E-state index >= 15 is 0 Å². The molecule has 2 unspecified atom stereocenters. The Morgan fingerprint density at radius 1 is 1.11 bits per heavy atom. The number of rotatable bonds is 2. The van der Waals surface area contributed by atoms with Crippen LogP contribution in [0.3, 0.4) is 0 Å². The Balaban J connectivity index is 2.13. The van der Waals surface area contributed by atoms with Gasteiger partial charge in [-0.1, -0.05) is 12.2 Å². The number of piperazine rings is 1. The van der Waals surface area contributed by atoms with Crippen molar-refractivity contribution in [2.75, 3.05) is 13.1 Å². The van der Waals surface area contributed by atoms with Gasteiger partial charge in [-0.2, -0.15) is 0 Å². The highest BCUT2D eigenvalue weighted by molar-refractivity contribution is 6.03. The van der Waals surface area contributed by atoms with Crippen molar-refractivity contribution in [2.45, 2.75) is 12.8 Å². The third-order valence-corrected chi connectivity index (χ3v) is 3.33. The summed E-state index contributed by atoms with van der Waals surface area (Å²) in [6, 6.07) is 0. The summed E-state index contributed by atoms with van der Waals surface area (Å²) < 4.78 is 0. The predicted octanol–water partition coefficient (Wildman–Crippen LogP) is -0.862. The molecule has 2 atom stereocenters. The average molecular weight is 266 g/mol. The van der Waals surface area contributed by atoms with Gasteiger partial charge >= 0.3 is 5.97 Å². The van der Waals surface area contributed by atoms with Crippen LogP contribution in [0.25, 0.3) is 0 Å². The van der Waals surface area contributed by atoms with Crippen molar-refractivity contribution in [2.24, 2.45) is 11.8 Å². The van der Waals surface area contributed by atoms with Crippen LogP contribution in [0.1, 0.15) is 12.8 Å². The molecule has 0 spiro atoms. The minimum absolute atomic E-state index is 0.197. The van der Waals surface area contributed by atoms with Crippen LogP contribution in [-0.4, -0.2) is 46.8 Å². The molecule has 1 aliphatic heterocycles. The van der Waals surface area contributed by atoms with E-state index in [1.807, 2.05) is 0 Å². The first kappa shape index (κ1) is 13.3. The summed E-state index contributed by atoms with van der Waals surface area (Å²) in [5.74, 6) is -4.06. The van der Waals surface area contributed by atoms with E-state index in [4.69, 9.17) is 5.11 Å². The van der Waals surface area contributed by atoms with Crippen molar-refractivity contribution in [3.8, 4) is 0 Å². The number of hydrogen-bond acceptors (Lipinski definition) is 4. The standard InChI is InChI=1S/C12H14N2O5/c15-9-5-14(6-10(16)13-9)11(17)7-3-1-2-4-8(7)12(18)19/h1-2,7-8H,3-6H2,(H,18,19)(H,13,15,16). The Morgan fingerprint density at radius 2 is 1.63 bits per heavy atom. The molecular formula is C12H14N2O5. The normalized spacial score (nSPS) is 27.1. The Labute approximate surface area is 109 Å². The van der Waals surface area contributed by atoms with Crippen LogP contribution in [0.2, 0.25) is 0 Å². The quantitative estimate of drug-likeness (QED) is 0.500. The molecule has 0 aromatic rings. The van der Waals surface area contributed by atoms with Gasteiger partial charge in [0.25, 0.3) is 0 Å². The first-order chi connectivity index (χ1) is 8.99. The second-order valence-corrected chi connectivity index (χ2v) is 4.66. The molecule has 102 valence electrons. The summed E-state index contributed by atoms with van der Waals surface area (Å²) in [6.45, 7) is -0.395. The summed E-state index contributed by atoms with van der Waals surface area (Å²) in [5.41, 5.74) is 0. The molecule has 7 heteroatoms. The number of amides is 3. The molecule has 3 amide bonds. The van der Waals surface area contributed by atoms with Crippen LogP contribution in [0.4, 0.5) is 0 Å². The number of nitrogens with zero attached hydrogens (tertiary/aromatic N) is 1. The highest BCUT2D eigenvalue weighted by Crippen LogP contribution is 2.27. The summed E-state index contributed by atoms with van der Waals surface area (Å²) in [6.07, 6.45) is 4.10. The van der Waals surface area contributed by atoms with Crippen molar-refractivity contribution in [1.82, 2.24) is 10.2 Å². The summed E-state index contributed by atoms with van der Waals surface area (Å²) in [4.78, 5) is 47.0. The Bertz CT molecular complexity index is 455. The zero-order valence-corrected chi connectivity index (χ0v) is 10.2. The number of carbonyl (C=O) groups is 4. The van der Waals surface area contributed by atoms with Gasteiger partial charge in [0.1, 0.15) is 13.1 Å². The maximum Gasteiger partial charge on any atom is 0.307 e. The molecule has 0 aromatic heterocycles. The van der Waals surface area contributed by atoms with E-state index in [0.29, 0.717) is 12.8 Å². The molecule has 0 saturated carbocycles. The maximum absolute atomic E-state index is 12.3. The second-order valence-electron chi connectivity index (χ2n) is 4.66. The monoisotopic (exact) mass is 266 g/mol. The van der Waals surface area contributed by atoms with Gasteiger partial charge in [-0.15, -0.1) is 0 Å². The number of carbonyl (C=O) groups excluding carboxylic acids is 3. The van der Waals surface area contributed by atoms with Crippen LogP contribution in [0.5, 0.6) is 0 Å². The molecule has 0 radical (unpaired) electrons. The lowest BCUT2D eigenvalue weighted by Crippen LogP contribution is -2.55. The number of aliphatic carboxylic acids is 1. The van der Waals surface area contributed by atoms with E-state index < -0.39 is 35.5 Å². The van der Waals surface area contributed by atoms with Crippen molar-refractivity contribution >= 4 is 23.7 Å². The molecule has 19 heavy (non-hydrogen) atoms. The van der Waals surface area contributed by atoms with Gasteiger partial charge in [0.2, 0.25) is 17.7 Å². The zero-order valence-electron chi connectivity index (χ0n) is 10.2. The van der Waals surface area contributed by atoms with Crippen molar-refractivity contribution in [3.63, 3.8) is 0 Å². The number of hydrogen-bond donors (Lipinski definition) is 2. The number of imide groups is 1. The molecule has 0 bridgehead atoms. The smallest absolute Gasteiger partial charge is 0.307 e. The molecule has 1 fully saturated rings. The molecule has 1 heterocycles. The highest BCUT2D eigenvalue weighted by atomic mass is 16.4. The van der Waals surface area contributed by atoms with E-state index in [0.717, 1.165) is 4.90 Å². The SMILES string of the molecule is O=C1CN(C(=O)C2CC=CCC2C(=O)O)CC(=O)N1. The second kappa shape index (κ2) is 5.21. The summed E-state index contributed by atoms with van der Waals surface area (Å²) >= 11 is 0. The highest BCUT2D eigenvalue weighted by Gasteiger charge is 2.38. The van der Waals surface area contributed by atoms with Gasteiger partial charge in [-0.3, -0.25) is 24.5 Å². The Hall–Kier alpha value is -2.18. The fourth-order valence-electron chi connectivity index (χ4n) is 2.39. The fourth-order valence-corrected chi connectivity index (χ4v) is 2.39. The van der Waals surface area contributed by atoms with Crippen molar-refractivity contribution in [1.29, 1.82) is 0 Å². The lowest BCUT2D eigenvalue weighted by Gasteiger charge is -2.32. The largest absolute Gasteiger partial charge is 0.481 e. The van der Waals surface area contributed by atoms with E-state index in [-0.39, 0.29) is 13.1 Å². The lowest BCUT2D eigenvalue weighted by molar-refractivity contribution is -0.153. The van der Waals surface area contributed by atoms with Gasteiger partial charge < -0.3 is 10.0 Å². The van der Waals surface area contributed by atoms with Crippen LogP contribution >= 0.6 is 0 Å². The molecule has 2 aliphatic rings. The van der Waals surface area contributed by atoms with Crippen LogP contribution in [0, 0.1) is 11.8 Å². The molecule has 7 nitrogen and oxygen atoms in total. The molecule has 1 saturated heterocycles. The van der Waals surface area contributed by atoms with E-state index in [2.05, 4.69) is 5.32 Å². The Morgan fingerprint density at radius 3 is 2.16 bits per heavy atom. The van der Waals surface area contributed by atoms with E-state index in [9.17, 15) is 19.2 Å². The van der Waals surface area contributed by atoms with Crippen LogP contribution in [-0.2, 0) is 19.2 Å². The number of carboxylic acids is 1. The Kier molecular flexibility index (Phi) is 3.64. The third-order valence-electron chi connectivity index (χ3n) is 3.33. The minimum atomic E-state index is -1.03. The van der Waals surface area contributed by atoms with Gasteiger partial charge in [0, 0.05) is 0 Å². The van der Waals surface area contributed by atoms with Crippen molar-refractivity contribution < 1.29 is 24.3 Å². The summed E-state index contributed by atoms with van der Waals surface area (Å²) in [5, 5.41) is 11.2. The number of nitrogens with one attached hydrogen (secondary N) is 1. The van der Waals surface area contributed by atoms with E-state index in [1.54, 1.807) is 12.2 Å². The maximum atomic E-state index is 12.3. The van der Waals surface area contributed by atoms with Gasteiger partial charge in [-0.05, 0) is 12.8 Å². The number of carboxylic acid groups (broad SMARTS) is 1.